The Morgan fingerprint density at radius 2 is 1.94 bits per heavy atom. The first-order chi connectivity index (χ1) is 8.61. The molecular formula is C15H29N3. The summed E-state index contributed by atoms with van der Waals surface area (Å²) in [6.07, 6.45) is 7.97. The number of hydrogen-bond acceptors (Lipinski definition) is 3. The van der Waals surface area contributed by atoms with Crippen LogP contribution < -0.4 is 5.32 Å². The number of rotatable bonds is 7. The second-order valence-corrected chi connectivity index (χ2v) is 6.06. The van der Waals surface area contributed by atoms with Crippen LogP contribution in [0.2, 0.25) is 0 Å². The van der Waals surface area contributed by atoms with E-state index in [1.54, 1.807) is 0 Å². The maximum Gasteiger partial charge on any atom is 0.0967 e. The van der Waals surface area contributed by atoms with E-state index in [0.29, 0.717) is 6.04 Å². The van der Waals surface area contributed by atoms with Gasteiger partial charge in [-0.1, -0.05) is 19.3 Å². The zero-order valence-corrected chi connectivity index (χ0v) is 12.3. The van der Waals surface area contributed by atoms with Crippen molar-refractivity contribution >= 4 is 0 Å². The molecule has 0 aliphatic heterocycles. The standard InChI is InChI=1S/C15H29N3/c1-13(2)17-15(11-16)9-10-18(3)12-14-7-5-4-6-8-14/h13-15,17H,4-10,12H2,1-3H3. The van der Waals surface area contributed by atoms with Crippen molar-refractivity contribution in [1.29, 1.82) is 5.26 Å². The Labute approximate surface area is 113 Å². The molecule has 0 saturated heterocycles. The molecule has 0 heterocycles. The Bertz CT molecular complexity index is 251. The summed E-state index contributed by atoms with van der Waals surface area (Å²) < 4.78 is 0. The average Bonchev–Trinajstić information content (AvgIpc) is 2.35. The van der Waals surface area contributed by atoms with Gasteiger partial charge in [0.1, 0.15) is 0 Å². The van der Waals surface area contributed by atoms with Crippen LogP contribution in [0, 0.1) is 17.2 Å². The first-order valence-electron chi connectivity index (χ1n) is 7.46. The molecule has 1 atom stereocenters. The predicted molar refractivity (Wildman–Crippen MR) is 76.4 cm³/mol. The van der Waals surface area contributed by atoms with Gasteiger partial charge in [0.25, 0.3) is 0 Å². The highest BCUT2D eigenvalue weighted by Gasteiger charge is 2.16. The van der Waals surface area contributed by atoms with Crippen molar-refractivity contribution < 1.29 is 0 Å². The Morgan fingerprint density at radius 1 is 1.28 bits per heavy atom. The van der Waals surface area contributed by atoms with Crippen LogP contribution in [0.5, 0.6) is 0 Å². The largest absolute Gasteiger partial charge is 0.306 e. The third kappa shape index (κ3) is 6.37. The topological polar surface area (TPSA) is 39.1 Å². The van der Waals surface area contributed by atoms with E-state index in [4.69, 9.17) is 5.26 Å². The van der Waals surface area contributed by atoms with Crippen molar-refractivity contribution in [3.05, 3.63) is 0 Å². The van der Waals surface area contributed by atoms with Crippen molar-refractivity contribution in [2.45, 2.75) is 64.5 Å². The lowest BCUT2D eigenvalue weighted by Crippen LogP contribution is -2.37. The quantitative estimate of drug-likeness (QED) is 0.756. The van der Waals surface area contributed by atoms with Gasteiger partial charge in [-0.2, -0.15) is 5.26 Å². The van der Waals surface area contributed by atoms with E-state index in [9.17, 15) is 0 Å². The summed E-state index contributed by atoms with van der Waals surface area (Å²) in [5.74, 6) is 0.891. The van der Waals surface area contributed by atoms with Gasteiger partial charge in [-0.15, -0.1) is 0 Å². The van der Waals surface area contributed by atoms with Crippen molar-refractivity contribution in [2.24, 2.45) is 5.92 Å². The first-order valence-corrected chi connectivity index (χ1v) is 7.46. The average molecular weight is 251 g/mol. The molecule has 1 N–H and O–H groups in total. The van der Waals surface area contributed by atoms with Crippen LogP contribution >= 0.6 is 0 Å². The van der Waals surface area contributed by atoms with Crippen LogP contribution in [0.3, 0.4) is 0 Å². The highest BCUT2D eigenvalue weighted by Crippen LogP contribution is 2.24. The molecule has 0 aromatic heterocycles. The second-order valence-electron chi connectivity index (χ2n) is 6.06. The third-order valence-electron chi connectivity index (χ3n) is 3.78. The minimum atomic E-state index is -0.00111. The lowest BCUT2D eigenvalue weighted by Gasteiger charge is -2.27. The summed E-state index contributed by atoms with van der Waals surface area (Å²) in [6.45, 7) is 6.42. The van der Waals surface area contributed by atoms with Crippen LogP contribution in [0.4, 0.5) is 0 Å². The van der Waals surface area contributed by atoms with E-state index in [2.05, 4.69) is 37.2 Å². The molecule has 1 saturated carbocycles. The molecule has 0 amide bonds. The van der Waals surface area contributed by atoms with Crippen LogP contribution in [0.1, 0.15) is 52.4 Å². The van der Waals surface area contributed by atoms with Gasteiger partial charge in [0, 0.05) is 19.1 Å². The molecule has 1 unspecified atom stereocenters. The number of nitriles is 1. The van der Waals surface area contributed by atoms with E-state index in [1.165, 1.54) is 38.6 Å². The summed E-state index contributed by atoms with van der Waals surface area (Å²) in [7, 11) is 2.19. The lowest BCUT2D eigenvalue weighted by molar-refractivity contribution is 0.227. The van der Waals surface area contributed by atoms with Crippen molar-refractivity contribution in [1.82, 2.24) is 10.2 Å². The molecule has 0 radical (unpaired) electrons. The molecule has 0 aromatic rings. The smallest absolute Gasteiger partial charge is 0.0967 e. The van der Waals surface area contributed by atoms with E-state index in [0.717, 1.165) is 18.9 Å². The van der Waals surface area contributed by atoms with Gasteiger partial charge in [-0.05, 0) is 46.1 Å². The number of nitrogens with zero attached hydrogens (tertiary/aromatic N) is 2. The molecule has 1 aliphatic rings. The molecule has 3 nitrogen and oxygen atoms in total. The summed E-state index contributed by atoms with van der Waals surface area (Å²) in [5, 5.41) is 12.4. The monoisotopic (exact) mass is 251 g/mol. The lowest BCUT2D eigenvalue weighted by atomic mass is 9.89. The molecule has 3 heteroatoms. The van der Waals surface area contributed by atoms with Crippen LogP contribution in [-0.2, 0) is 0 Å². The van der Waals surface area contributed by atoms with Gasteiger partial charge in [-0.25, -0.2) is 0 Å². The van der Waals surface area contributed by atoms with E-state index in [-0.39, 0.29) is 6.04 Å². The maximum absolute atomic E-state index is 9.08. The van der Waals surface area contributed by atoms with Gasteiger partial charge in [-0.3, -0.25) is 5.32 Å². The Morgan fingerprint density at radius 3 is 2.50 bits per heavy atom. The molecule has 104 valence electrons. The third-order valence-corrected chi connectivity index (χ3v) is 3.78. The van der Waals surface area contributed by atoms with Gasteiger partial charge in [0.05, 0.1) is 12.1 Å². The fraction of sp³-hybridized carbons (Fsp3) is 0.933. The first kappa shape index (κ1) is 15.5. The summed E-state index contributed by atoms with van der Waals surface area (Å²) in [6, 6.07) is 2.74. The highest BCUT2D eigenvalue weighted by atomic mass is 15.1. The van der Waals surface area contributed by atoms with E-state index >= 15 is 0 Å². The van der Waals surface area contributed by atoms with Gasteiger partial charge in [0.15, 0.2) is 0 Å². The maximum atomic E-state index is 9.08. The fourth-order valence-electron chi connectivity index (χ4n) is 2.84. The molecule has 0 bridgehead atoms. The minimum Gasteiger partial charge on any atom is -0.306 e. The number of hydrogen-bond donors (Lipinski definition) is 1. The second kappa shape index (κ2) is 8.50. The Hall–Kier alpha value is -0.590. The van der Waals surface area contributed by atoms with Crippen LogP contribution in [-0.4, -0.2) is 37.1 Å². The summed E-state index contributed by atoms with van der Waals surface area (Å²) >= 11 is 0. The SMILES string of the molecule is CC(C)NC(C#N)CCN(C)CC1CCCCC1. The van der Waals surface area contributed by atoms with Crippen LogP contribution in [0.25, 0.3) is 0 Å². The molecule has 18 heavy (non-hydrogen) atoms. The Kier molecular flexibility index (Phi) is 7.31. The predicted octanol–water partition coefficient (Wildman–Crippen LogP) is 2.78. The molecule has 1 rings (SSSR count). The summed E-state index contributed by atoms with van der Waals surface area (Å²) in [5.41, 5.74) is 0. The van der Waals surface area contributed by atoms with Crippen LogP contribution in [0.15, 0.2) is 0 Å². The van der Waals surface area contributed by atoms with Gasteiger partial charge >= 0.3 is 0 Å². The highest BCUT2D eigenvalue weighted by molar-refractivity contribution is 4.91. The van der Waals surface area contributed by atoms with E-state index < -0.39 is 0 Å². The van der Waals surface area contributed by atoms with Gasteiger partial charge < -0.3 is 4.90 Å². The normalized spacial score (nSPS) is 19.1. The molecule has 1 fully saturated rings. The minimum absolute atomic E-state index is 0.00111. The molecular weight excluding hydrogens is 222 g/mol. The summed E-state index contributed by atoms with van der Waals surface area (Å²) in [4.78, 5) is 2.41. The number of nitrogens with one attached hydrogen (secondary N) is 1. The van der Waals surface area contributed by atoms with Crippen molar-refractivity contribution in [2.75, 3.05) is 20.1 Å². The molecule has 0 spiro atoms. The Balaban J connectivity index is 2.18. The zero-order valence-electron chi connectivity index (χ0n) is 12.3. The molecule has 0 aromatic carbocycles. The fourth-order valence-corrected chi connectivity index (χ4v) is 2.84. The van der Waals surface area contributed by atoms with E-state index in [1.807, 2.05) is 0 Å². The van der Waals surface area contributed by atoms with Crippen molar-refractivity contribution in [3.8, 4) is 6.07 Å². The zero-order chi connectivity index (χ0) is 13.4. The van der Waals surface area contributed by atoms with Gasteiger partial charge in [0.2, 0.25) is 0 Å². The van der Waals surface area contributed by atoms with Crippen molar-refractivity contribution in [3.63, 3.8) is 0 Å². The molecule has 1 aliphatic carbocycles.